The number of likely N-dealkylation sites (N-methyl/N-ethyl adjacent to an activating group) is 1. The van der Waals surface area contributed by atoms with E-state index in [1.165, 1.54) is 0 Å². The van der Waals surface area contributed by atoms with E-state index in [4.69, 9.17) is 9.47 Å². The van der Waals surface area contributed by atoms with Crippen molar-refractivity contribution in [3.8, 4) is 11.5 Å². The smallest absolute Gasteiger partial charge is 0.231 e. The summed E-state index contributed by atoms with van der Waals surface area (Å²) in [6.45, 7) is 6.66. The highest BCUT2D eigenvalue weighted by Gasteiger charge is 2.18. The van der Waals surface area contributed by atoms with Crippen LogP contribution in [0.4, 0.5) is 0 Å². The molecule has 1 atom stereocenters. The third-order valence-electron chi connectivity index (χ3n) is 3.96. The quantitative estimate of drug-likeness (QED) is 0.807. The molecule has 0 N–H and O–H groups in total. The standard InChI is InChI=1S/C17H25NO3/c1-12(2)5-8-17(19)18(4)13(3)9-14-6-7-15-16(10-14)21-11-20-15/h6-7,10,12-13H,5,8-9,11H2,1-4H3. The minimum Gasteiger partial charge on any atom is -0.454 e. The summed E-state index contributed by atoms with van der Waals surface area (Å²) in [7, 11) is 1.89. The second kappa shape index (κ2) is 6.83. The molecular weight excluding hydrogens is 266 g/mol. The summed E-state index contributed by atoms with van der Waals surface area (Å²) in [5, 5.41) is 0. The lowest BCUT2D eigenvalue weighted by atomic mass is 10.0. The number of amides is 1. The van der Waals surface area contributed by atoms with Crippen LogP contribution >= 0.6 is 0 Å². The first-order chi connectivity index (χ1) is 9.97. The topological polar surface area (TPSA) is 38.8 Å². The van der Waals surface area contributed by atoms with Gasteiger partial charge in [0.2, 0.25) is 12.7 Å². The number of nitrogens with zero attached hydrogens (tertiary/aromatic N) is 1. The second-order valence-electron chi connectivity index (χ2n) is 6.18. The monoisotopic (exact) mass is 291 g/mol. The fourth-order valence-corrected chi connectivity index (χ4v) is 2.38. The molecule has 0 bridgehead atoms. The average molecular weight is 291 g/mol. The SMILES string of the molecule is CC(C)CCC(=O)N(C)C(C)Cc1ccc2c(c1)OCO2. The summed E-state index contributed by atoms with van der Waals surface area (Å²) in [6.07, 6.45) is 2.39. The lowest BCUT2D eigenvalue weighted by Gasteiger charge is -2.25. The van der Waals surface area contributed by atoms with Gasteiger partial charge in [-0.3, -0.25) is 4.79 Å². The van der Waals surface area contributed by atoms with Crippen LogP contribution < -0.4 is 9.47 Å². The summed E-state index contributed by atoms with van der Waals surface area (Å²) in [6, 6.07) is 6.15. The molecule has 1 aliphatic rings. The molecule has 1 unspecified atom stereocenters. The Morgan fingerprint density at radius 3 is 2.67 bits per heavy atom. The van der Waals surface area contributed by atoms with Gasteiger partial charge in [-0.2, -0.15) is 0 Å². The van der Waals surface area contributed by atoms with E-state index in [-0.39, 0.29) is 11.9 Å². The van der Waals surface area contributed by atoms with Crippen LogP contribution in [-0.4, -0.2) is 30.7 Å². The number of carbonyl (C=O) groups excluding carboxylic acids is 1. The predicted molar refractivity (Wildman–Crippen MR) is 82.6 cm³/mol. The maximum atomic E-state index is 12.1. The predicted octanol–water partition coefficient (Wildman–Crippen LogP) is 3.24. The highest BCUT2D eigenvalue weighted by Crippen LogP contribution is 2.32. The van der Waals surface area contributed by atoms with Crippen molar-refractivity contribution in [1.29, 1.82) is 0 Å². The van der Waals surface area contributed by atoms with Gasteiger partial charge in [0, 0.05) is 19.5 Å². The Morgan fingerprint density at radius 1 is 1.24 bits per heavy atom. The van der Waals surface area contributed by atoms with Crippen molar-refractivity contribution in [1.82, 2.24) is 4.90 Å². The molecule has 0 saturated carbocycles. The Labute approximate surface area is 127 Å². The first kappa shape index (κ1) is 15.7. The molecule has 0 spiro atoms. The van der Waals surface area contributed by atoms with Gasteiger partial charge in [-0.1, -0.05) is 19.9 Å². The van der Waals surface area contributed by atoms with Gasteiger partial charge in [-0.05, 0) is 43.4 Å². The minimum atomic E-state index is 0.171. The third kappa shape index (κ3) is 4.13. The molecule has 0 aliphatic carbocycles. The van der Waals surface area contributed by atoms with Crippen LogP contribution in [-0.2, 0) is 11.2 Å². The van der Waals surface area contributed by atoms with E-state index in [0.717, 1.165) is 29.9 Å². The second-order valence-corrected chi connectivity index (χ2v) is 6.18. The molecule has 0 saturated heterocycles. The van der Waals surface area contributed by atoms with Crippen molar-refractivity contribution < 1.29 is 14.3 Å². The largest absolute Gasteiger partial charge is 0.454 e. The zero-order valence-electron chi connectivity index (χ0n) is 13.4. The van der Waals surface area contributed by atoms with Crippen molar-refractivity contribution in [3.05, 3.63) is 23.8 Å². The number of ether oxygens (including phenoxy) is 2. The highest BCUT2D eigenvalue weighted by molar-refractivity contribution is 5.76. The number of carbonyl (C=O) groups is 1. The van der Waals surface area contributed by atoms with E-state index in [9.17, 15) is 4.79 Å². The van der Waals surface area contributed by atoms with Crippen LogP contribution in [0.25, 0.3) is 0 Å². The van der Waals surface area contributed by atoms with Gasteiger partial charge in [0.1, 0.15) is 0 Å². The Bertz CT molecular complexity index is 499. The van der Waals surface area contributed by atoms with Crippen molar-refractivity contribution in [2.75, 3.05) is 13.8 Å². The Morgan fingerprint density at radius 2 is 1.95 bits per heavy atom. The van der Waals surface area contributed by atoms with Gasteiger partial charge in [0.25, 0.3) is 0 Å². The average Bonchev–Trinajstić information content (AvgIpc) is 2.91. The van der Waals surface area contributed by atoms with Crippen LogP contribution in [0.1, 0.15) is 39.2 Å². The lowest BCUT2D eigenvalue weighted by molar-refractivity contribution is -0.131. The van der Waals surface area contributed by atoms with Crippen LogP contribution in [0.15, 0.2) is 18.2 Å². The normalized spacial score (nSPS) is 14.3. The minimum absolute atomic E-state index is 0.171. The molecule has 4 heteroatoms. The molecule has 1 heterocycles. The first-order valence-corrected chi connectivity index (χ1v) is 7.61. The molecule has 0 aromatic heterocycles. The maximum Gasteiger partial charge on any atom is 0.231 e. The van der Waals surface area contributed by atoms with Crippen LogP contribution in [0.2, 0.25) is 0 Å². The molecule has 1 aliphatic heterocycles. The fourth-order valence-electron chi connectivity index (χ4n) is 2.38. The number of benzene rings is 1. The van der Waals surface area contributed by atoms with E-state index in [2.05, 4.69) is 20.8 Å². The zero-order chi connectivity index (χ0) is 15.4. The summed E-state index contributed by atoms with van der Waals surface area (Å²) in [4.78, 5) is 14.0. The summed E-state index contributed by atoms with van der Waals surface area (Å²) in [5.41, 5.74) is 1.16. The van der Waals surface area contributed by atoms with E-state index < -0.39 is 0 Å². The van der Waals surface area contributed by atoms with Crippen LogP contribution in [0, 0.1) is 5.92 Å². The number of hydrogen-bond acceptors (Lipinski definition) is 3. The first-order valence-electron chi connectivity index (χ1n) is 7.61. The molecule has 1 amide bonds. The third-order valence-corrected chi connectivity index (χ3v) is 3.96. The molecule has 0 fully saturated rings. The molecule has 2 rings (SSSR count). The van der Waals surface area contributed by atoms with Crippen LogP contribution in [0.5, 0.6) is 11.5 Å². The van der Waals surface area contributed by atoms with Gasteiger partial charge in [0.15, 0.2) is 11.5 Å². The molecule has 4 nitrogen and oxygen atoms in total. The van der Waals surface area contributed by atoms with Gasteiger partial charge < -0.3 is 14.4 Å². The Hall–Kier alpha value is -1.71. The van der Waals surface area contributed by atoms with Crippen LogP contribution in [0.3, 0.4) is 0 Å². The number of fused-ring (bicyclic) bond motifs is 1. The van der Waals surface area contributed by atoms with E-state index in [0.29, 0.717) is 19.1 Å². The Balaban J connectivity index is 1.91. The molecule has 1 aromatic carbocycles. The molecule has 0 radical (unpaired) electrons. The summed E-state index contributed by atoms with van der Waals surface area (Å²) >= 11 is 0. The van der Waals surface area contributed by atoms with Gasteiger partial charge in [-0.25, -0.2) is 0 Å². The van der Waals surface area contributed by atoms with Gasteiger partial charge >= 0.3 is 0 Å². The molecule has 21 heavy (non-hydrogen) atoms. The van der Waals surface area contributed by atoms with Gasteiger partial charge in [0.05, 0.1) is 0 Å². The lowest BCUT2D eigenvalue weighted by Crippen LogP contribution is -2.36. The molecule has 1 aromatic rings. The van der Waals surface area contributed by atoms with E-state index in [1.54, 1.807) is 0 Å². The number of hydrogen-bond donors (Lipinski definition) is 0. The molecular formula is C17H25NO3. The van der Waals surface area contributed by atoms with Crippen molar-refractivity contribution in [3.63, 3.8) is 0 Å². The Kier molecular flexibility index (Phi) is 5.10. The zero-order valence-corrected chi connectivity index (χ0v) is 13.4. The van der Waals surface area contributed by atoms with E-state index in [1.807, 2.05) is 30.1 Å². The van der Waals surface area contributed by atoms with Crippen molar-refractivity contribution >= 4 is 5.91 Å². The van der Waals surface area contributed by atoms with Gasteiger partial charge in [-0.15, -0.1) is 0 Å². The summed E-state index contributed by atoms with van der Waals surface area (Å²) in [5.74, 6) is 2.38. The van der Waals surface area contributed by atoms with Crippen molar-refractivity contribution in [2.24, 2.45) is 5.92 Å². The fraction of sp³-hybridized carbons (Fsp3) is 0.588. The maximum absolute atomic E-state index is 12.1. The van der Waals surface area contributed by atoms with Crippen molar-refractivity contribution in [2.45, 2.75) is 46.1 Å². The molecule has 116 valence electrons. The summed E-state index contributed by atoms with van der Waals surface area (Å²) < 4.78 is 10.7. The van der Waals surface area contributed by atoms with E-state index >= 15 is 0 Å². The highest BCUT2D eigenvalue weighted by atomic mass is 16.7. The number of rotatable bonds is 6.